The highest BCUT2D eigenvalue weighted by molar-refractivity contribution is 6.32. The Bertz CT molecular complexity index is 1150. The minimum Gasteiger partial charge on any atom is -0.324 e. The highest BCUT2D eigenvalue weighted by Crippen LogP contribution is 2.60. The molecule has 4 atom stereocenters. The molecule has 3 fully saturated rings. The van der Waals surface area contributed by atoms with E-state index in [0.717, 1.165) is 24.1 Å². The third-order valence-electron chi connectivity index (χ3n) is 7.38. The first-order chi connectivity index (χ1) is 14.5. The molecule has 7 heteroatoms. The SMILES string of the molecule is Cc1c(Cl)cccc1N1C(=O)[C@H]2[C@H]3CCCN3[C@@]3(C(=O)Nc4ccccc43)[C@@H]2C1=O. The van der Waals surface area contributed by atoms with E-state index in [9.17, 15) is 14.4 Å². The third-order valence-corrected chi connectivity index (χ3v) is 7.79. The van der Waals surface area contributed by atoms with Crippen LogP contribution in [0, 0.1) is 18.8 Å². The third kappa shape index (κ3) is 1.92. The first-order valence-electron chi connectivity index (χ1n) is 10.3. The number of nitrogens with zero attached hydrogens (tertiary/aromatic N) is 2. The van der Waals surface area contributed by atoms with Gasteiger partial charge in [-0.25, -0.2) is 4.90 Å². The van der Waals surface area contributed by atoms with Crippen molar-refractivity contribution in [2.45, 2.75) is 31.3 Å². The summed E-state index contributed by atoms with van der Waals surface area (Å²) in [6.45, 7) is 2.51. The molecule has 152 valence electrons. The van der Waals surface area contributed by atoms with Gasteiger partial charge in [0.25, 0.3) is 0 Å². The van der Waals surface area contributed by atoms with E-state index in [-0.39, 0.29) is 23.8 Å². The van der Waals surface area contributed by atoms with E-state index in [4.69, 9.17) is 11.6 Å². The maximum absolute atomic E-state index is 13.9. The van der Waals surface area contributed by atoms with Gasteiger partial charge in [-0.1, -0.05) is 35.9 Å². The summed E-state index contributed by atoms with van der Waals surface area (Å²) in [7, 11) is 0. The summed E-state index contributed by atoms with van der Waals surface area (Å²) in [5, 5.41) is 3.49. The van der Waals surface area contributed by atoms with E-state index >= 15 is 0 Å². The predicted molar refractivity (Wildman–Crippen MR) is 112 cm³/mol. The lowest BCUT2D eigenvalue weighted by Gasteiger charge is -2.36. The Morgan fingerprint density at radius 3 is 2.70 bits per heavy atom. The number of amides is 3. The number of hydrogen-bond donors (Lipinski definition) is 1. The summed E-state index contributed by atoms with van der Waals surface area (Å²) in [4.78, 5) is 44.4. The lowest BCUT2D eigenvalue weighted by Crippen LogP contribution is -2.54. The zero-order valence-electron chi connectivity index (χ0n) is 16.4. The van der Waals surface area contributed by atoms with Crippen molar-refractivity contribution in [1.29, 1.82) is 0 Å². The largest absolute Gasteiger partial charge is 0.324 e. The molecule has 0 aromatic heterocycles. The molecule has 0 saturated carbocycles. The van der Waals surface area contributed by atoms with Gasteiger partial charge in [-0.05, 0) is 50.1 Å². The van der Waals surface area contributed by atoms with Crippen LogP contribution in [0.25, 0.3) is 0 Å². The smallest absolute Gasteiger partial charge is 0.250 e. The minimum atomic E-state index is -1.13. The van der Waals surface area contributed by atoms with Crippen LogP contribution in [0.4, 0.5) is 11.4 Å². The average molecular weight is 422 g/mol. The minimum absolute atomic E-state index is 0.118. The first kappa shape index (κ1) is 18.1. The highest BCUT2D eigenvalue weighted by atomic mass is 35.5. The van der Waals surface area contributed by atoms with Crippen molar-refractivity contribution >= 4 is 40.7 Å². The van der Waals surface area contributed by atoms with E-state index < -0.39 is 17.4 Å². The van der Waals surface area contributed by atoms with Gasteiger partial charge < -0.3 is 5.32 Å². The number of imide groups is 1. The molecule has 2 aromatic rings. The van der Waals surface area contributed by atoms with Crippen LogP contribution in [0.15, 0.2) is 42.5 Å². The summed E-state index contributed by atoms with van der Waals surface area (Å²) in [6, 6.07) is 12.7. The van der Waals surface area contributed by atoms with Gasteiger partial charge in [0.1, 0.15) is 5.54 Å². The zero-order chi connectivity index (χ0) is 20.8. The molecular weight excluding hydrogens is 402 g/mol. The number of nitrogens with one attached hydrogen (secondary N) is 1. The van der Waals surface area contributed by atoms with Gasteiger partial charge in [-0.2, -0.15) is 0 Å². The number of para-hydroxylation sites is 1. The molecular formula is C23H20ClN3O3. The second-order valence-corrected chi connectivity index (χ2v) is 8.98. The molecule has 0 bridgehead atoms. The van der Waals surface area contributed by atoms with Crippen molar-refractivity contribution in [1.82, 2.24) is 4.90 Å². The van der Waals surface area contributed by atoms with E-state index in [1.807, 2.05) is 31.2 Å². The standard InChI is InChI=1S/C23H20ClN3O3/c1-12-14(24)7-4-9-16(12)27-20(28)18-17-10-5-11-26(17)23(19(18)21(27)29)13-6-2-3-8-15(13)25-22(23)30/h2-4,6-9,17-19H,5,10-11H2,1H3,(H,25,30)/t17-,18+,19+,23-/m1/s1. The van der Waals surface area contributed by atoms with Gasteiger partial charge in [0.05, 0.1) is 17.5 Å². The molecule has 6 rings (SSSR count). The molecule has 1 N–H and O–H groups in total. The molecule has 0 radical (unpaired) electrons. The van der Waals surface area contributed by atoms with Crippen LogP contribution >= 0.6 is 11.6 Å². The monoisotopic (exact) mass is 421 g/mol. The molecule has 30 heavy (non-hydrogen) atoms. The lowest BCUT2D eigenvalue weighted by atomic mass is 9.75. The van der Waals surface area contributed by atoms with Gasteiger partial charge in [-0.15, -0.1) is 0 Å². The van der Waals surface area contributed by atoms with Crippen LogP contribution in [0.3, 0.4) is 0 Å². The van der Waals surface area contributed by atoms with Crippen LogP contribution in [0.1, 0.15) is 24.0 Å². The molecule has 4 heterocycles. The van der Waals surface area contributed by atoms with Crippen molar-refractivity contribution in [2.24, 2.45) is 11.8 Å². The van der Waals surface area contributed by atoms with Gasteiger partial charge in [0, 0.05) is 22.3 Å². The Hall–Kier alpha value is -2.70. The van der Waals surface area contributed by atoms with E-state index in [1.165, 1.54) is 4.90 Å². The molecule has 3 amide bonds. The zero-order valence-corrected chi connectivity index (χ0v) is 17.1. The fourth-order valence-electron chi connectivity index (χ4n) is 6.23. The highest BCUT2D eigenvalue weighted by Gasteiger charge is 2.74. The number of hydrogen-bond acceptors (Lipinski definition) is 4. The number of carbonyl (C=O) groups is 3. The summed E-state index contributed by atoms with van der Waals surface area (Å²) in [6.07, 6.45) is 1.71. The molecule has 6 nitrogen and oxygen atoms in total. The van der Waals surface area contributed by atoms with Gasteiger partial charge >= 0.3 is 0 Å². The Balaban J connectivity index is 1.57. The fraction of sp³-hybridized carbons (Fsp3) is 0.348. The number of halogens is 1. The number of anilines is 2. The molecule has 0 aliphatic carbocycles. The van der Waals surface area contributed by atoms with Crippen LogP contribution in [0.2, 0.25) is 5.02 Å². The lowest BCUT2D eigenvalue weighted by molar-refractivity contribution is -0.135. The number of fused-ring (bicyclic) bond motifs is 7. The van der Waals surface area contributed by atoms with Crippen molar-refractivity contribution in [3.05, 3.63) is 58.6 Å². The summed E-state index contributed by atoms with van der Waals surface area (Å²) in [5.41, 5.74) is 1.61. The van der Waals surface area contributed by atoms with Crippen molar-refractivity contribution < 1.29 is 14.4 Å². The van der Waals surface area contributed by atoms with Gasteiger partial charge in [0.15, 0.2) is 0 Å². The Kier molecular flexibility index (Phi) is 3.58. The van der Waals surface area contributed by atoms with Gasteiger partial charge in [-0.3, -0.25) is 19.3 Å². The maximum Gasteiger partial charge on any atom is 0.250 e. The molecule has 0 unspecified atom stereocenters. The summed E-state index contributed by atoms with van der Waals surface area (Å²) in [5.74, 6) is -2.00. The van der Waals surface area contributed by atoms with E-state index in [2.05, 4.69) is 10.2 Å². The Morgan fingerprint density at radius 2 is 1.87 bits per heavy atom. The van der Waals surface area contributed by atoms with Crippen molar-refractivity contribution in [3.63, 3.8) is 0 Å². The van der Waals surface area contributed by atoms with Crippen LogP contribution < -0.4 is 10.2 Å². The first-order valence-corrected chi connectivity index (χ1v) is 10.7. The van der Waals surface area contributed by atoms with Crippen molar-refractivity contribution in [3.8, 4) is 0 Å². The summed E-state index contributed by atoms with van der Waals surface area (Å²) < 4.78 is 0. The van der Waals surface area contributed by atoms with Crippen molar-refractivity contribution in [2.75, 3.05) is 16.8 Å². The molecule has 1 spiro atoms. The van der Waals surface area contributed by atoms with E-state index in [1.54, 1.807) is 18.2 Å². The molecule has 3 saturated heterocycles. The number of rotatable bonds is 1. The maximum atomic E-state index is 13.9. The number of carbonyl (C=O) groups excluding carboxylic acids is 3. The average Bonchev–Trinajstić information content (AvgIpc) is 3.43. The van der Waals surface area contributed by atoms with Crippen LogP contribution in [-0.4, -0.2) is 35.2 Å². The Labute approximate surface area is 178 Å². The number of benzene rings is 2. The van der Waals surface area contributed by atoms with Gasteiger partial charge in [0.2, 0.25) is 17.7 Å². The van der Waals surface area contributed by atoms with Crippen LogP contribution in [0.5, 0.6) is 0 Å². The second kappa shape index (κ2) is 5.93. The molecule has 4 aliphatic rings. The van der Waals surface area contributed by atoms with Crippen LogP contribution in [-0.2, 0) is 19.9 Å². The normalized spacial score (nSPS) is 32.0. The molecule has 2 aromatic carbocycles. The molecule has 4 aliphatic heterocycles. The Morgan fingerprint density at radius 1 is 1.07 bits per heavy atom. The topological polar surface area (TPSA) is 69.7 Å². The predicted octanol–water partition coefficient (Wildman–Crippen LogP) is 3.08. The summed E-state index contributed by atoms with van der Waals surface area (Å²) >= 11 is 6.29. The second-order valence-electron chi connectivity index (χ2n) is 8.57. The van der Waals surface area contributed by atoms with E-state index in [0.29, 0.717) is 22.8 Å². The fourth-order valence-corrected chi connectivity index (χ4v) is 6.40. The quantitative estimate of drug-likeness (QED) is 0.718.